The van der Waals surface area contributed by atoms with Crippen molar-refractivity contribution >= 4 is 21.8 Å². The minimum absolute atomic E-state index is 0.0546. The number of carbonyl (C=O) groups excluding carboxylic acids is 1. The molecule has 0 spiro atoms. The first-order valence-electron chi connectivity index (χ1n) is 7.48. The molecule has 0 radical (unpaired) electrons. The van der Waals surface area contributed by atoms with Crippen LogP contribution in [0.25, 0.3) is 11.3 Å². The van der Waals surface area contributed by atoms with Crippen LogP contribution < -0.4 is 0 Å². The zero-order valence-electron chi connectivity index (χ0n) is 12.4. The fourth-order valence-electron chi connectivity index (χ4n) is 2.75. The summed E-state index contributed by atoms with van der Waals surface area (Å²) in [4.78, 5) is 14.1. The SMILES string of the molecule is O=C(c1cc(-c2ccc(Br)cc2)n[nH]1)N1CCC(CO)C(O)C1. The molecule has 1 aliphatic heterocycles. The van der Waals surface area contributed by atoms with E-state index in [-0.39, 0.29) is 25.0 Å². The smallest absolute Gasteiger partial charge is 0.271 e. The van der Waals surface area contributed by atoms with Crippen molar-refractivity contribution in [1.82, 2.24) is 15.1 Å². The number of β-amino-alcohol motifs (C(OH)–C–C–N with tert-alkyl or cyclic N) is 1. The zero-order valence-corrected chi connectivity index (χ0v) is 14.0. The first-order valence-corrected chi connectivity index (χ1v) is 8.27. The third-order valence-electron chi connectivity index (χ3n) is 4.19. The zero-order chi connectivity index (χ0) is 16.4. The molecule has 23 heavy (non-hydrogen) atoms. The second-order valence-corrected chi connectivity index (χ2v) is 6.64. The molecule has 1 saturated heterocycles. The number of piperidine rings is 1. The van der Waals surface area contributed by atoms with Crippen molar-refractivity contribution in [2.24, 2.45) is 5.92 Å². The maximum absolute atomic E-state index is 12.5. The second-order valence-electron chi connectivity index (χ2n) is 5.72. The summed E-state index contributed by atoms with van der Waals surface area (Å²) in [7, 11) is 0. The molecule has 3 N–H and O–H groups in total. The number of hydrogen-bond acceptors (Lipinski definition) is 4. The van der Waals surface area contributed by atoms with Crippen molar-refractivity contribution in [1.29, 1.82) is 0 Å². The lowest BCUT2D eigenvalue weighted by Crippen LogP contribution is -2.47. The lowest BCUT2D eigenvalue weighted by atomic mass is 9.94. The van der Waals surface area contributed by atoms with E-state index in [2.05, 4.69) is 26.1 Å². The quantitative estimate of drug-likeness (QED) is 0.756. The van der Waals surface area contributed by atoms with Crippen LogP contribution in [0.3, 0.4) is 0 Å². The molecule has 0 bridgehead atoms. The Hall–Kier alpha value is -1.70. The van der Waals surface area contributed by atoms with Crippen molar-refractivity contribution < 1.29 is 15.0 Å². The van der Waals surface area contributed by atoms with Crippen molar-refractivity contribution in [3.8, 4) is 11.3 Å². The molecule has 1 fully saturated rings. The fraction of sp³-hybridized carbons (Fsp3) is 0.375. The molecule has 7 heteroatoms. The van der Waals surface area contributed by atoms with Crippen LogP contribution in [0.15, 0.2) is 34.8 Å². The predicted molar refractivity (Wildman–Crippen MR) is 88.8 cm³/mol. The van der Waals surface area contributed by atoms with Crippen LogP contribution in [0.2, 0.25) is 0 Å². The van der Waals surface area contributed by atoms with Crippen molar-refractivity contribution in [2.45, 2.75) is 12.5 Å². The summed E-state index contributed by atoms with van der Waals surface area (Å²) < 4.78 is 0.980. The molecule has 1 aromatic heterocycles. The van der Waals surface area contributed by atoms with E-state index in [1.165, 1.54) is 0 Å². The van der Waals surface area contributed by atoms with Crippen LogP contribution in [-0.4, -0.2) is 57.0 Å². The molecular weight excluding hydrogens is 362 g/mol. The van der Waals surface area contributed by atoms with Crippen molar-refractivity contribution in [3.05, 3.63) is 40.5 Å². The summed E-state index contributed by atoms with van der Waals surface area (Å²) in [5, 5.41) is 26.1. The predicted octanol–water partition coefficient (Wildman–Crippen LogP) is 1.65. The van der Waals surface area contributed by atoms with Crippen LogP contribution >= 0.6 is 15.9 Å². The minimum Gasteiger partial charge on any atom is -0.396 e. The molecule has 2 aromatic rings. The normalized spacial score (nSPS) is 21.4. The number of benzene rings is 1. The molecule has 2 unspecified atom stereocenters. The molecule has 3 rings (SSSR count). The van der Waals surface area contributed by atoms with Crippen LogP contribution in [0.1, 0.15) is 16.9 Å². The monoisotopic (exact) mass is 379 g/mol. The van der Waals surface area contributed by atoms with Gasteiger partial charge in [0.15, 0.2) is 0 Å². The van der Waals surface area contributed by atoms with Gasteiger partial charge in [0.1, 0.15) is 5.69 Å². The van der Waals surface area contributed by atoms with E-state index in [0.29, 0.717) is 24.4 Å². The number of nitrogens with zero attached hydrogens (tertiary/aromatic N) is 2. The Labute approximate surface area is 142 Å². The Morgan fingerprint density at radius 2 is 2.13 bits per heavy atom. The summed E-state index contributed by atoms with van der Waals surface area (Å²) in [6.07, 6.45) is -0.0940. The summed E-state index contributed by atoms with van der Waals surface area (Å²) in [5.74, 6) is -0.338. The van der Waals surface area contributed by atoms with Crippen molar-refractivity contribution in [2.75, 3.05) is 19.7 Å². The maximum Gasteiger partial charge on any atom is 0.271 e. The number of hydrogen-bond donors (Lipinski definition) is 3. The molecule has 2 atom stereocenters. The number of H-pyrrole nitrogens is 1. The van der Waals surface area contributed by atoms with Gasteiger partial charge in [0.2, 0.25) is 0 Å². The summed E-state index contributed by atoms with van der Waals surface area (Å²) >= 11 is 3.38. The summed E-state index contributed by atoms with van der Waals surface area (Å²) in [5.41, 5.74) is 2.02. The standard InChI is InChI=1S/C16H18BrN3O3/c17-12-3-1-10(2-4-12)13-7-14(19-18-13)16(23)20-6-5-11(9-21)15(22)8-20/h1-4,7,11,15,21-22H,5-6,8-9H2,(H,18,19). The fourth-order valence-corrected chi connectivity index (χ4v) is 3.01. The maximum atomic E-state index is 12.5. The van der Waals surface area contributed by atoms with E-state index in [0.717, 1.165) is 10.0 Å². The van der Waals surface area contributed by atoms with Gasteiger partial charge >= 0.3 is 0 Å². The number of rotatable bonds is 3. The number of aliphatic hydroxyl groups is 2. The number of nitrogens with one attached hydrogen (secondary N) is 1. The first kappa shape index (κ1) is 16.2. The van der Waals surface area contributed by atoms with Gasteiger partial charge in [0.05, 0.1) is 11.8 Å². The van der Waals surface area contributed by atoms with Gasteiger partial charge in [0.25, 0.3) is 5.91 Å². The number of aromatic nitrogens is 2. The van der Waals surface area contributed by atoms with Gasteiger partial charge in [-0.2, -0.15) is 5.10 Å². The number of halogens is 1. The van der Waals surface area contributed by atoms with Crippen LogP contribution in [-0.2, 0) is 0 Å². The lowest BCUT2D eigenvalue weighted by Gasteiger charge is -2.34. The number of amides is 1. The highest BCUT2D eigenvalue weighted by molar-refractivity contribution is 9.10. The molecule has 0 saturated carbocycles. The Morgan fingerprint density at radius 1 is 1.39 bits per heavy atom. The van der Waals surface area contributed by atoms with E-state index in [1.807, 2.05) is 24.3 Å². The molecule has 0 aliphatic carbocycles. The average molecular weight is 380 g/mol. The molecule has 6 nitrogen and oxygen atoms in total. The third kappa shape index (κ3) is 3.46. The Balaban J connectivity index is 1.73. The van der Waals surface area contributed by atoms with Gasteiger partial charge in [-0.15, -0.1) is 0 Å². The van der Waals surface area contributed by atoms with Crippen LogP contribution in [0.5, 0.6) is 0 Å². The molecule has 1 aromatic carbocycles. The lowest BCUT2D eigenvalue weighted by molar-refractivity contribution is 0.000657. The van der Waals surface area contributed by atoms with E-state index in [4.69, 9.17) is 5.11 Å². The molecular formula is C16H18BrN3O3. The number of likely N-dealkylation sites (tertiary alicyclic amines) is 1. The van der Waals surface area contributed by atoms with E-state index < -0.39 is 6.10 Å². The number of aromatic amines is 1. The van der Waals surface area contributed by atoms with Gasteiger partial charge in [-0.1, -0.05) is 28.1 Å². The third-order valence-corrected chi connectivity index (χ3v) is 4.72. The Bertz CT molecular complexity index is 686. The highest BCUT2D eigenvalue weighted by atomic mass is 79.9. The molecule has 1 aliphatic rings. The number of aliphatic hydroxyl groups excluding tert-OH is 2. The van der Waals surface area contributed by atoms with Gasteiger partial charge in [-0.25, -0.2) is 0 Å². The largest absolute Gasteiger partial charge is 0.396 e. The summed E-state index contributed by atoms with van der Waals surface area (Å²) in [6.45, 7) is 0.700. The highest BCUT2D eigenvalue weighted by Gasteiger charge is 2.30. The van der Waals surface area contributed by atoms with Gasteiger partial charge < -0.3 is 15.1 Å². The molecule has 122 valence electrons. The number of carbonyl (C=O) groups is 1. The first-order chi connectivity index (χ1) is 11.1. The van der Waals surface area contributed by atoms with Gasteiger partial charge in [-0.3, -0.25) is 9.89 Å². The molecule has 1 amide bonds. The Kier molecular flexibility index (Phi) is 4.79. The van der Waals surface area contributed by atoms with Gasteiger partial charge in [0, 0.05) is 35.7 Å². The van der Waals surface area contributed by atoms with Crippen LogP contribution in [0.4, 0.5) is 0 Å². The topological polar surface area (TPSA) is 89.5 Å². The average Bonchev–Trinajstić information content (AvgIpc) is 3.04. The van der Waals surface area contributed by atoms with Gasteiger partial charge in [-0.05, 0) is 24.6 Å². The summed E-state index contributed by atoms with van der Waals surface area (Å²) in [6, 6.07) is 9.40. The van der Waals surface area contributed by atoms with E-state index in [9.17, 15) is 9.90 Å². The van der Waals surface area contributed by atoms with Crippen molar-refractivity contribution in [3.63, 3.8) is 0 Å². The minimum atomic E-state index is -0.688. The highest BCUT2D eigenvalue weighted by Crippen LogP contribution is 2.22. The Morgan fingerprint density at radius 3 is 2.78 bits per heavy atom. The van der Waals surface area contributed by atoms with E-state index in [1.54, 1.807) is 11.0 Å². The second kappa shape index (κ2) is 6.82. The molecule has 2 heterocycles. The van der Waals surface area contributed by atoms with E-state index >= 15 is 0 Å². The van der Waals surface area contributed by atoms with Crippen LogP contribution in [0, 0.1) is 5.92 Å².